The number of anilines is 1. The Morgan fingerprint density at radius 1 is 1.36 bits per heavy atom. The summed E-state index contributed by atoms with van der Waals surface area (Å²) in [5.74, 6) is 0.973. The molecule has 0 amide bonds. The summed E-state index contributed by atoms with van der Waals surface area (Å²) in [6, 6.07) is 5.52. The molecule has 2 N–H and O–H groups in total. The minimum Gasteiger partial charge on any atom is -0.496 e. The van der Waals surface area contributed by atoms with E-state index in [1.54, 1.807) is 19.4 Å². The Kier molecular flexibility index (Phi) is 5.08. The van der Waals surface area contributed by atoms with E-state index >= 15 is 0 Å². The molecule has 0 saturated carbocycles. The summed E-state index contributed by atoms with van der Waals surface area (Å²) in [5, 5.41) is 3.03. The zero-order valence-electron chi connectivity index (χ0n) is 14.1. The van der Waals surface area contributed by atoms with Crippen LogP contribution in [-0.2, 0) is 9.53 Å². The van der Waals surface area contributed by atoms with Gasteiger partial charge in [-0.05, 0) is 18.6 Å². The van der Waals surface area contributed by atoms with E-state index in [0.29, 0.717) is 23.8 Å². The second-order valence-electron chi connectivity index (χ2n) is 5.33. The number of carbonyl (C=O) groups is 1. The summed E-state index contributed by atoms with van der Waals surface area (Å²) in [5.41, 5.74) is 2.89. The van der Waals surface area contributed by atoms with Crippen molar-refractivity contribution in [2.24, 2.45) is 0 Å². The Morgan fingerprint density at radius 2 is 2.24 bits per heavy atom. The summed E-state index contributed by atoms with van der Waals surface area (Å²) in [6.07, 6.45) is 3.92. The van der Waals surface area contributed by atoms with Crippen LogP contribution in [0.5, 0.6) is 5.75 Å². The zero-order valence-corrected chi connectivity index (χ0v) is 14.1. The number of hydrogen-bond acceptors (Lipinski definition) is 7. The minimum atomic E-state index is -0.291. The van der Waals surface area contributed by atoms with Crippen molar-refractivity contribution in [3.05, 3.63) is 30.7 Å². The summed E-state index contributed by atoms with van der Waals surface area (Å²) in [7, 11) is 1.58. The molecule has 0 radical (unpaired) electrons. The average molecular weight is 341 g/mol. The molecule has 130 valence electrons. The van der Waals surface area contributed by atoms with Gasteiger partial charge in [0.1, 0.15) is 30.0 Å². The molecule has 3 rings (SSSR count). The van der Waals surface area contributed by atoms with E-state index in [-0.39, 0.29) is 12.5 Å². The van der Waals surface area contributed by atoms with E-state index in [2.05, 4.69) is 25.3 Å². The fourth-order valence-corrected chi connectivity index (χ4v) is 2.33. The van der Waals surface area contributed by atoms with Crippen LogP contribution in [0.1, 0.15) is 13.3 Å². The number of nitrogens with zero attached hydrogens (tertiary/aromatic N) is 3. The van der Waals surface area contributed by atoms with Gasteiger partial charge in [-0.2, -0.15) is 0 Å². The smallest absolute Gasteiger partial charge is 0.325 e. The Bertz CT molecular complexity index is 845. The maximum atomic E-state index is 11.6. The molecule has 2 heterocycles. The highest BCUT2D eigenvalue weighted by Gasteiger charge is 2.12. The number of ether oxygens (including phenoxy) is 2. The standard InChI is InChI=1S/C17H19N5O3/c1-3-6-25-15(23)9-19-11-4-5-12(14(7-11)24-2)16-21-13-8-18-10-20-17(13)22-16/h4-5,7-8,10,19H,3,6,9H2,1-2H3,(H,18,20,21,22). The van der Waals surface area contributed by atoms with Gasteiger partial charge in [-0.1, -0.05) is 6.92 Å². The first kappa shape index (κ1) is 16.7. The van der Waals surface area contributed by atoms with Crippen LogP contribution in [-0.4, -0.2) is 46.2 Å². The maximum Gasteiger partial charge on any atom is 0.325 e. The van der Waals surface area contributed by atoms with E-state index in [0.717, 1.165) is 23.2 Å². The van der Waals surface area contributed by atoms with E-state index in [9.17, 15) is 4.79 Å². The van der Waals surface area contributed by atoms with E-state index in [1.807, 2.05) is 19.1 Å². The lowest BCUT2D eigenvalue weighted by molar-refractivity contribution is -0.141. The van der Waals surface area contributed by atoms with E-state index in [4.69, 9.17) is 9.47 Å². The Morgan fingerprint density at radius 3 is 3.00 bits per heavy atom. The highest BCUT2D eigenvalue weighted by atomic mass is 16.5. The first-order chi connectivity index (χ1) is 12.2. The monoisotopic (exact) mass is 341 g/mol. The number of fused-ring (bicyclic) bond motifs is 1. The van der Waals surface area contributed by atoms with Crippen molar-refractivity contribution in [2.45, 2.75) is 13.3 Å². The predicted octanol–water partition coefficient (Wildman–Crippen LogP) is 2.39. The summed E-state index contributed by atoms with van der Waals surface area (Å²) < 4.78 is 10.5. The Hall–Kier alpha value is -3.16. The number of hydrogen-bond donors (Lipinski definition) is 2. The van der Waals surface area contributed by atoms with Crippen molar-refractivity contribution in [3.8, 4) is 17.1 Å². The molecule has 0 spiro atoms. The highest BCUT2D eigenvalue weighted by Crippen LogP contribution is 2.31. The molecule has 3 aromatic rings. The van der Waals surface area contributed by atoms with Gasteiger partial charge in [0, 0.05) is 11.8 Å². The molecule has 8 nitrogen and oxygen atoms in total. The van der Waals surface area contributed by atoms with Crippen LogP contribution < -0.4 is 10.1 Å². The second kappa shape index (κ2) is 7.61. The molecule has 1 aromatic carbocycles. The Labute approximate surface area is 144 Å². The molecule has 0 aliphatic heterocycles. The van der Waals surface area contributed by atoms with Crippen molar-refractivity contribution < 1.29 is 14.3 Å². The normalized spacial score (nSPS) is 10.6. The fourth-order valence-electron chi connectivity index (χ4n) is 2.33. The molecular weight excluding hydrogens is 322 g/mol. The predicted molar refractivity (Wildman–Crippen MR) is 93.4 cm³/mol. The number of nitrogens with one attached hydrogen (secondary N) is 2. The summed E-state index contributed by atoms with van der Waals surface area (Å²) >= 11 is 0. The number of aromatic nitrogens is 4. The maximum absolute atomic E-state index is 11.6. The molecule has 0 atom stereocenters. The van der Waals surface area contributed by atoms with Crippen LogP contribution in [0.2, 0.25) is 0 Å². The average Bonchev–Trinajstić information content (AvgIpc) is 3.08. The van der Waals surface area contributed by atoms with Crippen LogP contribution >= 0.6 is 0 Å². The number of benzene rings is 1. The van der Waals surface area contributed by atoms with Crippen LogP contribution in [0.15, 0.2) is 30.7 Å². The second-order valence-corrected chi connectivity index (χ2v) is 5.33. The Balaban J connectivity index is 1.78. The molecule has 0 aliphatic rings. The largest absolute Gasteiger partial charge is 0.496 e. The minimum absolute atomic E-state index is 0.0999. The highest BCUT2D eigenvalue weighted by molar-refractivity contribution is 5.79. The van der Waals surface area contributed by atoms with Crippen molar-refractivity contribution in [1.82, 2.24) is 19.9 Å². The van der Waals surface area contributed by atoms with Gasteiger partial charge in [-0.15, -0.1) is 0 Å². The number of H-pyrrole nitrogens is 1. The number of imidazole rings is 1. The van der Waals surface area contributed by atoms with Crippen molar-refractivity contribution in [2.75, 3.05) is 25.6 Å². The SMILES string of the molecule is CCCOC(=O)CNc1ccc(-c2nc3ncncc3[nH]2)c(OC)c1. The lowest BCUT2D eigenvalue weighted by Gasteiger charge is -2.11. The number of methoxy groups -OCH3 is 1. The third-order valence-electron chi connectivity index (χ3n) is 3.52. The molecular formula is C17H19N5O3. The third-order valence-corrected chi connectivity index (χ3v) is 3.52. The quantitative estimate of drug-likeness (QED) is 0.636. The lowest BCUT2D eigenvalue weighted by atomic mass is 10.1. The molecule has 0 saturated heterocycles. The van der Waals surface area contributed by atoms with Gasteiger partial charge in [0.25, 0.3) is 0 Å². The van der Waals surface area contributed by atoms with Crippen molar-refractivity contribution in [3.63, 3.8) is 0 Å². The topological polar surface area (TPSA) is 102 Å². The van der Waals surface area contributed by atoms with Gasteiger partial charge in [0.2, 0.25) is 0 Å². The van der Waals surface area contributed by atoms with Crippen LogP contribution in [0.3, 0.4) is 0 Å². The van der Waals surface area contributed by atoms with Gasteiger partial charge in [0.05, 0.1) is 25.5 Å². The molecule has 0 fully saturated rings. The molecule has 2 aromatic heterocycles. The van der Waals surface area contributed by atoms with Gasteiger partial charge < -0.3 is 19.8 Å². The fraction of sp³-hybridized carbons (Fsp3) is 0.294. The van der Waals surface area contributed by atoms with Crippen molar-refractivity contribution >= 4 is 22.8 Å². The number of esters is 1. The summed E-state index contributed by atoms with van der Waals surface area (Å²) in [4.78, 5) is 27.3. The van der Waals surface area contributed by atoms with Gasteiger partial charge in [0.15, 0.2) is 5.65 Å². The van der Waals surface area contributed by atoms with Gasteiger partial charge >= 0.3 is 5.97 Å². The number of carbonyl (C=O) groups excluding carboxylic acids is 1. The summed E-state index contributed by atoms with van der Waals surface area (Å²) in [6.45, 7) is 2.48. The first-order valence-electron chi connectivity index (χ1n) is 7.95. The van der Waals surface area contributed by atoms with E-state index < -0.39 is 0 Å². The molecule has 25 heavy (non-hydrogen) atoms. The van der Waals surface area contributed by atoms with E-state index in [1.165, 1.54) is 6.33 Å². The lowest BCUT2D eigenvalue weighted by Crippen LogP contribution is -2.17. The van der Waals surface area contributed by atoms with Crippen LogP contribution in [0.4, 0.5) is 5.69 Å². The molecule has 0 bridgehead atoms. The number of rotatable bonds is 7. The molecule has 0 unspecified atom stereocenters. The molecule has 0 aliphatic carbocycles. The zero-order chi connectivity index (χ0) is 17.6. The van der Waals surface area contributed by atoms with Gasteiger partial charge in [-0.25, -0.2) is 15.0 Å². The third kappa shape index (κ3) is 3.85. The van der Waals surface area contributed by atoms with Crippen molar-refractivity contribution in [1.29, 1.82) is 0 Å². The van der Waals surface area contributed by atoms with Gasteiger partial charge in [-0.3, -0.25) is 4.79 Å². The number of aromatic amines is 1. The molecule has 8 heteroatoms. The van der Waals surface area contributed by atoms with Crippen LogP contribution in [0.25, 0.3) is 22.6 Å². The first-order valence-corrected chi connectivity index (χ1v) is 7.95. The van der Waals surface area contributed by atoms with Crippen LogP contribution in [0, 0.1) is 0 Å².